The predicted octanol–water partition coefficient (Wildman–Crippen LogP) is 4.11. The van der Waals surface area contributed by atoms with Crippen LogP contribution in [0.5, 0.6) is 0 Å². The second-order valence-corrected chi connectivity index (χ2v) is 7.69. The first-order chi connectivity index (χ1) is 12.5. The number of carbonyl (C=O) groups excluding carboxylic acids is 2. The number of carbonyl (C=O) groups is 2. The molecule has 1 aromatic heterocycles. The molecular weight excluding hydrogens is 348 g/mol. The summed E-state index contributed by atoms with van der Waals surface area (Å²) in [5.41, 5.74) is 1.58. The summed E-state index contributed by atoms with van der Waals surface area (Å²) in [6.45, 7) is 3.40. The topological polar surface area (TPSA) is 68.3 Å². The zero-order valence-electron chi connectivity index (χ0n) is 15.2. The number of hydrogen-bond donors (Lipinski definition) is 1. The largest absolute Gasteiger partial charge is 0.448 e. The quantitative estimate of drug-likeness (QED) is 0.802. The van der Waals surface area contributed by atoms with E-state index in [9.17, 15) is 9.59 Å². The van der Waals surface area contributed by atoms with Gasteiger partial charge in [-0.2, -0.15) is 0 Å². The molecule has 3 rings (SSSR count). The Labute approximate surface area is 157 Å². The summed E-state index contributed by atoms with van der Waals surface area (Å²) in [4.78, 5) is 29.7. The molecule has 1 fully saturated rings. The first-order valence-corrected chi connectivity index (χ1v) is 9.90. The minimum atomic E-state index is -0.814. The van der Waals surface area contributed by atoms with Crippen LogP contribution < -0.4 is 5.32 Å². The summed E-state index contributed by atoms with van der Waals surface area (Å²) < 4.78 is 5.39. The standard InChI is InChI=1S/C20H24N2O3S/c1-13-17(26-19(21-13)15-9-5-3-6-10-15)20(24)25-14(2)18(23)22-16-11-7-4-8-12-16/h3,5-6,9-10,14,16H,4,7-8,11-12H2,1-2H3,(H,22,23)/t14-/m1/s1. The molecule has 2 aromatic rings. The Morgan fingerprint density at radius 3 is 2.58 bits per heavy atom. The van der Waals surface area contributed by atoms with Gasteiger partial charge in [-0.25, -0.2) is 9.78 Å². The second kappa shape index (κ2) is 8.45. The molecule has 1 saturated carbocycles. The molecule has 1 atom stereocenters. The molecule has 26 heavy (non-hydrogen) atoms. The number of thiazole rings is 1. The molecule has 1 aliphatic carbocycles. The second-order valence-electron chi connectivity index (χ2n) is 6.69. The highest BCUT2D eigenvalue weighted by molar-refractivity contribution is 7.17. The molecule has 1 N–H and O–H groups in total. The van der Waals surface area contributed by atoms with E-state index >= 15 is 0 Å². The molecule has 0 bridgehead atoms. The van der Waals surface area contributed by atoms with Gasteiger partial charge < -0.3 is 10.1 Å². The van der Waals surface area contributed by atoms with Gasteiger partial charge in [0.05, 0.1) is 5.69 Å². The van der Waals surface area contributed by atoms with E-state index in [1.54, 1.807) is 13.8 Å². The third kappa shape index (κ3) is 4.49. The summed E-state index contributed by atoms with van der Waals surface area (Å²) in [6.07, 6.45) is 4.70. The molecule has 0 spiro atoms. The fraction of sp³-hybridized carbons (Fsp3) is 0.450. The van der Waals surface area contributed by atoms with Crippen molar-refractivity contribution in [3.05, 3.63) is 40.9 Å². The van der Waals surface area contributed by atoms with E-state index in [4.69, 9.17) is 4.74 Å². The molecule has 0 unspecified atom stereocenters. The zero-order valence-corrected chi connectivity index (χ0v) is 16.0. The van der Waals surface area contributed by atoms with Crippen LogP contribution in [0.3, 0.4) is 0 Å². The third-order valence-electron chi connectivity index (χ3n) is 4.61. The van der Waals surface area contributed by atoms with Gasteiger partial charge in [0.25, 0.3) is 5.91 Å². The predicted molar refractivity (Wildman–Crippen MR) is 102 cm³/mol. The number of ether oxygens (including phenoxy) is 1. The number of benzene rings is 1. The highest BCUT2D eigenvalue weighted by Crippen LogP contribution is 2.28. The summed E-state index contributed by atoms with van der Waals surface area (Å²) in [5, 5.41) is 3.77. The first-order valence-electron chi connectivity index (χ1n) is 9.09. The van der Waals surface area contributed by atoms with Crippen LogP contribution in [0.1, 0.15) is 54.4 Å². The van der Waals surface area contributed by atoms with E-state index in [0.29, 0.717) is 10.6 Å². The van der Waals surface area contributed by atoms with Gasteiger partial charge in [-0.15, -0.1) is 11.3 Å². The van der Waals surface area contributed by atoms with Gasteiger partial charge in [0, 0.05) is 11.6 Å². The number of hydrogen-bond acceptors (Lipinski definition) is 5. The monoisotopic (exact) mass is 372 g/mol. The van der Waals surface area contributed by atoms with E-state index in [-0.39, 0.29) is 11.9 Å². The Hall–Kier alpha value is -2.21. The van der Waals surface area contributed by atoms with Crippen molar-refractivity contribution in [3.63, 3.8) is 0 Å². The van der Waals surface area contributed by atoms with Gasteiger partial charge >= 0.3 is 5.97 Å². The molecule has 0 aliphatic heterocycles. The number of esters is 1. The van der Waals surface area contributed by atoms with Crippen LogP contribution in [0.4, 0.5) is 0 Å². The van der Waals surface area contributed by atoms with Crippen LogP contribution in [-0.2, 0) is 9.53 Å². The molecule has 6 heteroatoms. The van der Waals surface area contributed by atoms with Gasteiger partial charge in [0.1, 0.15) is 9.88 Å². The lowest BCUT2D eigenvalue weighted by molar-refractivity contribution is -0.130. The van der Waals surface area contributed by atoms with Gasteiger partial charge in [-0.1, -0.05) is 49.6 Å². The molecule has 138 valence electrons. The van der Waals surface area contributed by atoms with E-state index in [2.05, 4.69) is 10.3 Å². The maximum atomic E-state index is 12.5. The maximum Gasteiger partial charge on any atom is 0.351 e. The van der Waals surface area contributed by atoms with E-state index in [1.807, 2.05) is 30.3 Å². The van der Waals surface area contributed by atoms with Crippen LogP contribution in [0, 0.1) is 6.92 Å². The van der Waals surface area contributed by atoms with Crippen molar-refractivity contribution in [3.8, 4) is 10.6 Å². The van der Waals surface area contributed by atoms with Crippen LogP contribution in [0.2, 0.25) is 0 Å². The van der Waals surface area contributed by atoms with Gasteiger partial charge in [0.15, 0.2) is 6.10 Å². The Kier molecular flexibility index (Phi) is 6.04. The Bertz CT molecular complexity index is 767. The molecule has 1 heterocycles. The normalized spacial score (nSPS) is 16.1. The fourth-order valence-corrected chi connectivity index (χ4v) is 4.08. The van der Waals surface area contributed by atoms with Crippen molar-refractivity contribution in [2.45, 2.75) is 58.1 Å². The summed E-state index contributed by atoms with van der Waals surface area (Å²) in [7, 11) is 0. The molecule has 1 amide bonds. The number of rotatable bonds is 5. The van der Waals surface area contributed by atoms with Crippen molar-refractivity contribution in [2.24, 2.45) is 0 Å². The van der Waals surface area contributed by atoms with Gasteiger partial charge in [0.2, 0.25) is 0 Å². The lowest BCUT2D eigenvalue weighted by atomic mass is 9.95. The van der Waals surface area contributed by atoms with Crippen LogP contribution in [0.15, 0.2) is 30.3 Å². The zero-order chi connectivity index (χ0) is 18.5. The van der Waals surface area contributed by atoms with Crippen LogP contribution in [0.25, 0.3) is 10.6 Å². The highest BCUT2D eigenvalue weighted by Gasteiger charge is 2.25. The molecule has 5 nitrogen and oxygen atoms in total. The number of nitrogens with zero attached hydrogens (tertiary/aromatic N) is 1. The molecule has 0 radical (unpaired) electrons. The van der Waals surface area contributed by atoms with E-state index < -0.39 is 12.1 Å². The van der Waals surface area contributed by atoms with Crippen molar-refractivity contribution in [1.82, 2.24) is 10.3 Å². The molecule has 0 saturated heterocycles. The van der Waals surface area contributed by atoms with Gasteiger partial charge in [-0.05, 0) is 26.7 Å². The average molecular weight is 372 g/mol. The SMILES string of the molecule is Cc1nc(-c2ccccc2)sc1C(=O)O[C@H](C)C(=O)NC1CCCCC1. The minimum absolute atomic E-state index is 0.201. The van der Waals surface area contributed by atoms with Crippen molar-refractivity contribution in [2.75, 3.05) is 0 Å². The van der Waals surface area contributed by atoms with Crippen LogP contribution >= 0.6 is 11.3 Å². The maximum absolute atomic E-state index is 12.5. The highest BCUT2D eigenvalue weighted by atomic mass is 32.1. The van der Waals surface area contributed by atoms with Gasteiger partial charge in [-0.3, -0.25) is 4.79 Å². The summed E-state index contributed by atoms with van der Waals surface area (Å²) in [5.74, 6) is -0.718. The smallest absolute Gasteiger partial charge is 0.351 e. The number of aromatic nitrogens is 1. The first kappa shape index (κ1) is 18.6. The average Bonchev–Trinajstić information content (AvgIpc) is 3.05. The van der Waals surface area contributed by atoms with Crippen molar-refractivity contribution < 1.29 is 14.3 Å². The van der Waals surface area contributed by atoms with E-state index in [0.717, 1.165) is 36.3 Å². The Morgan fingerprint density at radius 1 is 1.19 bits per heavy atom. The Morgan fingerprint density at radius 2 is 1.88 bits per heavy atom. The van der Waals surface area contributed by atoms with Crippen LogP contribution in [-0.4, -0.2) is 29.0 Å². The minimum Gasteiger partial charge on any atom is -0.448 e. The third-order valence-corrected chi connectivity index (χ3v) is 5.79. The molecular formula is C20H24N2O3S. The number of amides is 1. The summed E-state index contributed by atoms with van der Waals surface area (Å²) >= 11 is 1.29. The Balaban J connectivity index is 1.62. The lowest BCUT2D eigenvalue weighted by Crippen LogP contribution is -2.42. The molecule has 1 aliphatic rings. The molecule has 1 aromatic carbocycles. The lowest BCUT2D eigenvalue weighted by Gasteiger charge is -2.24. The fourth-order valence-electron chi connectivity index (χ4n) is 3.12. The number of aryl methyl sites for hydroxylation is 1. The number of nitrogens with one attached hydrogen (secondary N) is 1. The van der Waals surface area contributed by atoms with Crippen molar-refractivity contribution in [1.29, 1.82) is 0 Å². The van der Waals surface area contributed by atoms with Crippen molar-refractivity contribution >= 4 is 23.2 Å². The summed E-state index contributed by atoms with van der Waals surface area (Å²) in [6, 6.07) is 9.91. The van der Waals surface area contributed by atoms with E-state index in [1.165, 1.54) is 17.8 Å².